The quantitative estimate of drug-likeness (QED) is 0.770. The predicted octanol–water partition coefficient (Wildman–Crippen LogP) is 1.88. The van der Waals surface area contributed by atoms with Crippen LogP contribution >= 0.6 is 0 Å². The lowest BCUT2D eigenvalue weighted by molar-refractivity contribution is -0.136. The summed E-state index contributed by atoms with van der Waals surface area (Å²) >= 11 is 0. The Balaban J connectivity index is 1.67. The minimum Gasteiger partial charge on any atom is -0.341 e. The number of nitrogens with one attached hydrogen (secondary N) is 1. The summed E-state index contributed by atoms with van der Waals surface area (Å²) in [7, 11) is 0. The van der Waals surface area contributed by atoms with E-state index in [2.05, 4.69) is 24.1 Å². The molecule has 18 heavy (non-hydrogen) atoms. The molecule has 2 heterocycles. The van der Waals surface area contributed by atoms with Crippen LogP contribution in [-0.4, -0.2) is 36.5 Å². The largest absolute Gasteiger partial charge is 0.341 e. The zero-order valence-corrected chi connectivity index (χ0v) is 11.7. The van der Waals surface area contributed by atoms with Gasteiger partial charge in [0.05, 0.1) is 6.04 Å². The lowest BCUT2D eigenvalue weighted by atomic mass is 9.89. The van der Waals surface area contributed by atoms with Crippen molar-refractivity contribution in [3.63, 3.8) is 0 Å². The van der Waals surface area contributed by atoms with Gasteiger partial charge in [0.1, 0.15) is 0 Å². The number of carbonyl (C=O) groups is 1. The zero-order chi connectivity index (χ0) is 12.7. The van der Waals surface area contributed by atoms with Crippen molar-refractivity contribution in [1.29, 1.82) is 0 Å². The van der Waals surface area contributed by atoms with Gasteiger partial charge in [0, 0.05) is 13.1 Å². The Hall–Kier alpha value is -0.570. The fraction of sp³-hybridized carbons (Fsp3) is 0.933. The van der Waals surface area contributed by atoms with Gasteiger partial charge in [-0.25, -0.2) is 0 Å². The van der Waals surface area contributed by atoms with Gasteiger partial charge < -0.3 is 10.2 Å². The van der Waals surface area contributed by atoms with Crippen LogP contribution in [0.3, 0.4) is 0 Å². The first-order chi connectivity index (χ1) is 8.65. The summed E-state index contributed by atoms with van der Waals surface area (Å²) in [5, 5.41) is 3.49. The highest BCUT2D eigenvalue weighted by Crippen LogP contribution is 2.38. The standard InChI is InChI=1S/C15H26N2O/c1-10-6-11(2)9-17(8-10)15(18)14-13-5-3-4-12(13)7-16-14/h10-14,16H,3-9H2,1-2H3. The van der Waals surface area contributed by atoms with Gasteiger partial charge in [-0.2, -0.15) is 0 Å². The molecule has 0 aromatic heterocycles. The Morgan fingerprint density at radius 1 is 1.17 bits per heavy atom. The number of nitrogens with zero attached hydrogens (tertiary/aromatic N) is 1. The second-order valence-corrected chi connectivity index (χ2v) is 6.93. The molecule has 3 rings (SSSR count). The topological polar surface area (TPSA) is 32.3 Å². The number of likely N-dealkylation sites (tertiary alicyclic amines) is 1. The van der Waals surface area contributed by atoms with Crippen LogP contribution in [0.5, 0.6) is 0 Å². The summed E-state index contributed by atoms with van der Waals surface area (Å²) in [4.78, 5) is 14.8. The number of piperidine rings is 1. The first-order valence-corrected chi connectivity index (χ1v) is 7.67. The van der Waals surface area contributed by atoms with Crippen LogP contribution in [0.1, 0.15) is 39.5 Å². The van der Waals surface area contributed by atoms with Crippen LogP contribution < -0.4 is 5.32 Å². The maximum Gasteiger partial charge on any atom is 0.240 e. The predicted molar refractivity (Wildman–Crippen MR) is 72.1 cm³/mol. The minimum absolute atomic E-state index is 0.134. The van der Waals surface area contributed by atoms with Crippen LogP contribution in [0.25, 0.3) is 0 Å². The fourth-order valence-electron chi connectivity index (χ4n) is 4.50. The summed E-state index contributed by atoms with van der Waals surface area (Å²) in [6, 6.07) is 0.134. The number of amides is 1. The van der Waals surface area contributed by atoms with E-state index < -0.39 is 0 Å². The van der Waals surface area contributed by atoms with Gasteiger partial charge in [0.2, 0.25) is 5.91 Å². The molecule has 3 nitrogen and oxygen atoms in total. The molecule has 0 spiro atoms. The Bertz CT molecular complexity index is 320. The fourth-order valence-corrected chi connectivity index (χ4v) is 4.50. The molecular formula is C15H26N2O. The molecule has 0 bridgehead atoms. The van der Waals surface area contributed by atoms with E-state index in [1.807, 2.05) is 0 Å². The van der Waals surface area contributed by atoms with Crippen LogP contribution in [0.4, 0.5) is 0 Å². The molecular weight excluding hydrogens is 224 g/mol. The average Bonchev–Trinajstić information content (AvgIpc) is 2.88. The van der Waals surface area contributed by atoms with E-state index in [1.54, 1.807) is 0 Å². The number of hydrogen-bond acceptors (Lipinski definition) is 2. The van der Waals surface area contributed by atoms with Crippen LogP contribution in [0.2, 0.25) is 0 Å². The van der Waals surface area contributed by atoms with Gasteiger partial charge in [-0.1, -0.05) is 20.3 Å². The van der Waals surface area contributed by atoms with E-state index in [0.717, 1.165) is 25.6 Å². The molecule has 0 aromatic rings. The molecule has 1 aliphatic carbocycles. The van der Waals surface area contributed by atoms with E-state index >= 15 is 0 Å². The highest BCUT2D eigenvalue weighted by atomic mass is 16.2. The molecule has 3 fully saturated rings. The van der Waals surface area contributed by atoms with E-state index in [0.29, 0.717) is 23.7 Å². The van der Waals surface area contributed by atoms with E-state index in [1.165, 1.54) is 25.7 Å². The lowest BCUT2D eigenvalue weighted by Crippen LogP contribution is -2.51. The van der Waals surface area contributed by atoms with Gasteiger partial charge in [-0.3, -0.25) is 4.79 Å². The van der Waals surface area contributed by atoms with Crippen molar-refractivity contribution in [1.82, 2.24) is 10.2 Å². The van der Waals surface area contributed by atoms with Crippen molar-refractivity contribution in [2.24, 2.45) is 23.7 Å². The molecule has 0 radical (unpaired) electrons. The molecule has 2 aliphatic heterocycles. The molecule has 2 saturated heterocycles. The first kappa shape index (κ1) is 12.5. The summed E-state index contributed by atoms with van der Waals surface area (Å²) in [6.45, 7) is 7.56. The number of fused-ring (bicyclic) bond motifs is 1. The SMILES string of the molecule is CC1CC(C)CN(C(=O)C2NCC3CCCC32)C1. The third kappa shape index (κ3) is 2.18. The highest BCUT2D eigenvalue weighted by molar-refractivity contribution is 5.83. The number of carbonyl (C=O) groups excluding carboxylic acids is 1. The van der Waals surface area contributed by atoms with Crippen molar-refractivity contribution in [3.05, 3.63) is 0 Å². The first-order valence-electron chi connectivity index (χ1n) is 7.67. The molecule has 3 aliphatic rings. The van der Waals surface area contributed by atoms with E-state index in [-0.39, 0.29) is 6.04 Å². The highest BCUT2D eigenvalue weighted by Gasteiger charge is 2.44. The Kier molecular flexibility index (Phi) is 3.35. The molecule has 3 heteroatoms. The molecule has 5 atom stereocenters. The molecule has 1 N–H and O–H groups in total. The second kappa shape index (κ2) is 4.84. The normalized spacial score (nSPS) is 44.1. The van der Waals surface area contributed by atoms with E-state index in [9.17, 15) is 4.79 Å². The van der Waals surface area contributed by atoms with Crippen LogP contribution in [0, 0.1) is 23.7 Å². The molecule has 102 valence electrons. The van der Waals surface area contributed by atoms with Gasteiger partial charge >= 0.3 is 0 Å². The van der Waals surface area contributed by atoms with Crippen molar-refractivity contribution >= 4 is 5.91 Å². The van der Waals surface area contributed by atoms with Crippen molar-refractivity contribution in [2.45, 2.75) is 45.6 Å². The Labute approximate surface area is 110 Å². The van der Waals surface area contributed by atoms with Crippen molar-refractivity contribution in [2.75, 3.05) is 19.6 Å². The maximum atomic E-state index is 12.7. The number of hydrogen-bond donors (Lipinski definition) is 1. The minimum atomic E-state index is 0.134. The summed E-state index contributed by atoms with van der Waals surface area (Å²) in [5.74, 6) is 3.13. The monoisotopic (exact) mass is 250 g/mol. The number of rotatable bonds is 1. The molecule has 1 saturated carbocycles. The van der Waals surface area contributed by atoms with Gasteiger partial charge in [-0.05, 0) is 49.5 Å². The smallest absolute Gasteiger partial charge is 0.240 e. The van der Waals surface area contributed by atoms with Gasteiger partial charge in [-0.15, -0.1) is 0 Å². The van der Waals surface area contributed by atoms with Crippen LogP contribution in [0.15, 0.2) is 0 Å². The summed E-state index contributed by atoms with van der Waals surface area (Å²) < 4.78 is 0. The third-order valence-electron chi connectivity index (χ3n) is 5.19. The van der Waals surface area contributed by atoms with Crippen molar-refractivity contribution in [3.8, 4) is 0 Å². The lowest BCUT2D eigenvalue weighted by Gasteiger charge is -2.37. The average molecular weight is 250 g/mol. The summed E-state index contributed by atoms with van der Waals surface area (Å²) in [5.41, 5.74) is 0. The second-order valence-electron chi connectivity index (χ2n) is 6.93. The third-order valence-corrected chi connectivity index (χ3v) is 5.19. The van der Waals surface area contributed by atoms with Gasteiger partial charge in [0.25, 0.3) is 0 Å². The maximum absolute atomic E-state index is 12.7. The van der Waals surface area contributed by atoms with Crippen LogP contribution in [-0.2, 0) is 4.79 Å². The Morgan fingerprint density at radius 3 is 2.61 bits per heavy atom. The van der Waals surface area contributed by atoms with E-state index in [4.69, 9.17) is 0 Å². The van der Waals surface area contributed by atoms with Crippen molar-refractivity contribution < 1.29 is 4.79 Å². The molecule has 1 amide bonds. The molecule has 5 unspecified atom stereocenters. The molecule has 0 aromatic carbocycles. The summed E-state index contributed by atoms with van der Waals surface area (Å²) in [6.07, 6.45) is 5.18. The zero-order valence-electron chi connectivity index (χ0n) is 11.7. The van der Waals surface area contributed by atoms with Gasteiger partial charge in [0.15, 0.2) is 0 Å². The Morgan fingerprint density at radius 2 is 1.89 bits per heavy atom.